The van der Waals surface area contributed by atoms with Gasteiger partial charge in [0, 0.05) is 12.3 Å². The SMILES string of the molecule is COc1ccc(C(=O)Nc2ccccn2)nn1. The van der Waals surface area contributed by atoms with Crippen LogP contribution in [-0.4, -0.2) is 28.2 Å². The minimum absolute atomic E-state index is 0.205. The number of methoxy groups -OCH3 is 1. The van der Waals surface area contributed by atoms with Crippen molar-refractivity contribution in [3.05, 3.63) is 42.2 Å². The van der Waals surface area contributed by atoms with Crippen molar-refractivity contribution in [3.63, 3.8) is 0 Å². The zero-order valence-electron chi connectivity index (χ0n) is 9.12. The lowest BCUT2D eigenvalue weighted by atomic mass is 10.3. The van der Waals surface area contributed by atoms with Crippen LogP contribution in [0, 0.1) is 0 Å². The number of hydrogen-bond donors (Lipinski definition) is 1. The molecular formula is C11H10N4O2. The highest BCUT2D eigenvalue weighted by Gasteiger charge is 2.08. The Morgan fingerprint density at radius 3 is 2.71 bits per heavy atom. The number of anilines is 1. The first-order chi connectivity index (χ1) is 8.29. The van der Waals surface area contributed by atoms with Gasteiger partial charge in [-0.05, 0) is 18.2 Å². The fourth-order valence-electron chi connectivity index (χ4n) is 1.17. The first-order valence-electron chi connectivity index (χ1n) is 4.89. The molecule has 17 heavy (non-hydrogen) atoms. The second-order valence-corrected chi connectivity index (χ2v) is 3.13. The number of carbonyl (C=O) groups excluding carboxylic acids is 1. The van der Waals surface area contributed by atoms with Gasteiger partial charge < -0.3 is 10.1 Å². The van der Waals surface area contributed by atoms with E-state index in [0.29, 0.717) is 11.7 Å². The number of pyridine rings is 1. The van der Waals surface area contributed by atoms with Crippen molar-refractivity contribution >= 4 is 11.7 Å². The maximum atomic E-state index is 11.7. The molecule has 0 atom stereocenters. The van der Waals surface area contributed by atoms with Crippen molar-refractivity contribution in [1.29, 1.82) is 0 Å². The van der Waals surface area contributed by atoms with E-state index in [2.05, 4.69) is 20.5 Å². The third kappa shape index (κ3) is 2.75. The van der Waals surface area contributed by atoms with Crippen LogP contribution in [0.5, 0.6) is 5.88 Å². The lowest BCUT2D eigenvalue weighted by Crippen LogP contribution is -2.15. The summed E-state index contributed by atoms with van der Waals surface area (Å²) in [6.07, 6.45) is 1.59. The van der Waals surface area contributed by atoms with Crippen molar-refractivity contribution in [2.45, 2.75) is 0 Å². The van der Waals surface area contributed by atoms with Crippen LogP contribution < -0.4 is 10.1 Å². The monoisotopic (exact) mass is 230 g/mol. The fourth-order valence-corrected chi connectivity index (χ4v) is 1.17. The van der Waals surface area contributed by atoms with Gasteiger partial charge in [-0.1, -0.05) is 6.07 Å². The number of hydrogen-bond acceptors (Lipinski definition) is 5. The molecule has 6 nitrogen and oxygen atoms in total. The van der Waals surface area contributed by atoms with Crippen LogP contribution in [0.25, 0.3) is 0 Å². The number of nitrogens with zero attached hydrogens (tertiary/aromatic N) is 3. The van der Waals surface area contributed by atoms with Gasteiger partial charge in [0.05, 0.1) is 7.11 Å². The van der Waals surface area contributed by atoms with Crippen molar-refractivity contribution in [1.82, 2.24) is 15.2 Å². The molecule has 0 bridgehead atoms. The van der Waals surface area contributed by atoms with Gasteiger partial charge in [-0.3, -0.25) is 4.79 Å². The summed E-state index contributed by atoms with van der Waals surface area (Å²) >= 11 is 0. The number of aromatic nitrogens is 3. The molecule has 2 rings (SSSR count). The Kier molecular flexibility index (Phi) is 3.25. The van der Waals surface area contributed by atoms with E-state index in [1.54, 1.807) is 30.5 Å². The van der Waals surface area contributed by atoms with Gasteiger partial charge in [0.25, 0.3) is 5.91 Å². The number of ether oxygens (including phenoxy) is 1. The molecule has 1 N–H and O–H groups in total. The summed E-state index contributed by atoms with van der Waals surface area (Å²) in [6, 6.07) is 8.34. The third-order valence-electron chi connectivity index (χ3n) is 1.99. The minimum atomic E-state index is -0.362. The highest BCUT2D eigenvalue weighted by Crippen LogP contribution is 2.06. The van der Waals surface area contributed by atoms with Crippen LogP contribution >= 0.6 is 0 Å². The number of rotatable bonds is 3. The third-order valence-corrected chi connectivity index (χ3v) is 1.99. The summed E-state index contributed by atoms with van der Waals surface area (Å²) in [5.41, 5.74) is 0.205. The van der Waals surface area contributed by atoms with Crippen LogP contribution in [-0.2, 0) is 0 Å². The first kappa shape index (κ1) is 11.0. The van der Waals surface area contributed by atoms with Crippen molar-refractivity contribution in [2.24, 2.45) is 0 Å². The van der Waals surface area contributed by atoms with E-state index in [0.717, 1.165) is 0 Å². The second-order valence-electron chi connectivity index (χ2n) is 3.13. The van der Waals surface area contributed by atoms with Crippen LogP contribution in [0.1, 0.15) is 10.5 Å². The zero-order chi connectivity index (χ0) is 12.1. The maximum absolute atomic E-state index is 11.7. The Morgan fingerprint density at radius 1 is 1.24 bits per heavy atom. The average Bonchev–Trinajstić information content (AvgIpc) is 2.40. The number of carbonyl (C=O) groups is 1. The molecule has 1 amide bonds. The summed E-state index contributed by atoms with van der Waals surface area (Å²) in [7, 11) is 1.48. The molecule has 86 valence electrons. The van der Waals surface area contributed by atoms with Crippen LogP contribution in [0.2, 0.25) is 0 Å². The van der Waals surface area contributed by atoms with E-state index in [-0.39, 0.29) is 11.6 Å². The van der Waals surface area contributed by atoms with E-state index in [1.807, 2.05) is 0 Å². The molecule has 0 unspecified atom stereocenters. The molecule has 0 aromatic carbocycles. The van der Waals surface area contributed by atoms with Gasteiger partial charge >= 0.3 is 0 Å². The van der Waals surface area contributed by atoms with Crippen molar-refractivity contribution in [3.8, 4) is 5.88 Å². The Morgan fingerprint density at radius 2 is 2.12 bits per heavy atom. The molecule has 0 saturated heterocycles. The molecule has 0 saturated carbocycles. The summed E-state index contributed by atoms with van der Waals surface area (Å²) < 4.78 is 4.85. The van der Waals surface area contributed by atoms with Gasteiger partial charge in [0.15, 0.2) is 5.69 Å². The van der Waals surface area contributed by atoms with E-state index in [1.165, 1.54) is 13.2 Å². The predicted octanol–water partition coefficient (Wildman–Crippen LogP) is 1.13. The highest BCUT2D eigenvalue weighted by atomic mass is 16.5. The van der Waals surface area contributed by atoms with E-state index < -0.39 is 0 Å². The number of nitrogens with one attached hydrogen (secondary N) is 1. The molecule has 0 aliphatic heterocycles. The Bertz CT molecular complexity index is 499. The number of amides is 1. The zero-order valence-corrected chi connectivity index (χ0v) is 9.12. The van der Waals surface area contributed by atoms with Gasteiger partial charge in [0.1, 0.15) is 5.82 Å². The molecule has 0 fully saturated rings. The maximum Gasteiger partial charge on any atom is 0.277 e. The van der Waals surface area contributed by atoms with Gasteiger partial charge in [-0.15, -0.1) is 10.2 Å². The Balaban J connectivity index is 2.09. The minimum Gasteiger partial charge on any atom is -0.480 e. The average molecular weight is 230 g/mol. The lowest BCUT2D eigenvalue weighted by molar-refractivity contribution is 0.102. The predicted molar refractivity (Wildman–Crippen MR) is 60.8 cm³/mol. The van der Waals surface area contributed by atoms with Gasteiger partial charge in [0.2, 0.25) is 5.88 Å². The summed E-state index contributed by atoms with van der Waals surface area (Å²) in [6.45, 7) is 0. The molecule has 2 aromatic rings. The molecule has 2 heterocycles. The lowest BCUT2D eigenvalue weighted by Gasteiger charge is -2.03. The van der Waals surface area contributed by atoms with Crippen molar-refractivity contribution in [2.75, 3.05) is 12.4 Å². The molecule has 6 heteroatoms. The summed E-state index contributed by atoms with van der Waals surface area (Å²) in [5, 5.41) is 10.0. The van der Waals surface area contributed by atoms with Crippen LogP contribution in [0.4, 0.5) is 5.82 Å². The standard InChI is InChI=1S/C11H10N4O2/c1-17-10-6-5-8(14-15-10)11(16)13-9-4-2-3-7-12-9/h2-7H,1H3,(H,12,13,16). The smallest absolute Gasteiger partial charge is 0.277 e. The molecule has 0 aliphatic carbocycles. The first-order valence-corrected chi connectivity index (χ1v) is 4.89. The quantitative estimate of drug-likeness (QED) is 0.855. The molecule has 2 aromatic heterocycles. The molecule has 0 radical (unpaired) electrons. The molecule has 0 spiro atoms. The van der Waals surface area contributed by atoms with Crippen LogP contribution in [0.3, 0.4) is 0 Å². The van der Waals surface area contributed by atoms with Gasteiger partial charge in [-0.2, -0.15) is 0 Å². The molecule has 0 aliphatic rings. The Hall–Kier alpha value is -2.50. The Labute approximate surface area is 97.7 Å². The summed E-state index contributed by atoms with van der Waals surface area (Å²) in [5.74, 6) is 0.466. The van der Waals surface area contributed by atoms with E-state index >= 15 is 0 Å². The normalized spacial score (nSPS) is 9.71. The van der Waals surface area contributed by atoms with E-state index in [9.17, 15) is 4.79 Å². The van der Waals surface area contributed by atoms with Gasteiger partial charge in [-0.25, -0.2) is 4.98 Å². The summed E-state index contributed by atoms with van der Waals surface area (Å²) in [4.78, 5) is 15.7. The van der Waals surface area contributed by atoms with Crippen molar-refractivity contribution < 1.29 is 9.53 Å². The van der Waals surface area contributed by atoms with E-state index in [4.69, 9.17) is 4.74 Å². The fraction of sp³-hybridized carbons (Fsp3) is 0.0909. The molecular weight excluding hydrogens is 220 g/mol. The topological polar surface area (TPSA) is 77.0 Å². The van der Waals surface area contributed by atoms with Crippen LogP contribution in [0.15, 0.2) is 36.5 Å². The largest absolute Gasteiger partial charge is 0.480 e. The second kappa shape index (κ2) is 5.02. The highest BCUT2D eigenvalue weighted by molar-refractivity contribution is 6.02.